The predicted molar refractivity (Wildman–Crippen MR) is 101 cm³/mol. The molecule has 11 heteroatoms. The Balaban J connectivity index is 2.07. The van der Waals surface area contributed by atoms with Crippen molar-refractivity contribution in [1.29, 1.82) is 0 Å². The molecule has 0 bridgehead atoms. The lowest BCUT2D eigenvalue weighted by molar-refractivity contribution is -0.136. The minimum absolute atomic E-state index is 0.0439. The maximum atomic E-state index is 13.1. The molecule has 0 aliphatic heterocycles. The highest BCUT2D eigenvalue weighted by Crippen LogP contribution is 2.36. The van der Waals surface area contributed by atoms with E-state index in [1.54, 1.807) is 13.0 Å². The summed E-state index contributed by atoms with van der Waals surface area (Å²) in [5.41, 5.74) is -2.88. The van der Waals surface area contributed by atoms with Crippen LogP contribution in [0.2, 0.25) is 0 Å². The van der Waals surface area contributed by atoms with Crippen LogP contribution in [-0.4, -0.2) is 15.0 Å². The van der Waals surface area contributed by atoms with Crippen molar-refractivity contribution in [1.82, 2.24) is 0 Å². The van der Waals surface area contributed by atoms with Crippen molar-refractivity contribution in [2.75, 3.05) is 6.61 Å². The van der Waals surface area contributed by atoms with Gasteiger partial charge in [-0.15, -0.1) is 0 Å². The highest BCUT2D eigenvalue weighted by molar-refractivity contribution is 9.10. The maximum absolute atomic E-state index is 13.1. The molecule has 3 rings (SSSR count). The van der Waals surface area contributed by atoms with Crippen molar-refractivity contribution >= 4 is 37.0 Å². The standard InChI is InChI=1S/C18H12BrF3O6S/c1-2-26-14-6-3-10(19)7-16(14)29(24,25)28-11-4-5-12-13(18(20,21)22)9-17(23)27-15(12)8-11/h3-9H,2H2,1H3. The third kappa shape index (κ3) is 4.56. The molecule has 2 aromatic carbocycles. The molecule has 0 radical (unpaired) electrons. The van der Waals surface area contributed by atoms with Gasteiger partial charge in [-0.05, 0) is 37.3 Å². The van der Waals surface area contributed by atoms with Gasteiger partial charge < -0.3 is 13.3 Å². The fourth-order valence-corrected chi connectivity index (χ4v) is 4.16. The zero-order valence-corrected chi connectivity index (χ0v) is 17.0. The molecule has 0 spiro atoms. The van der Waals surface area contributed by atoms with Crippen LogP contribution in [0.25, 0.3) is 11.0 Å². The smallest absolute Gasteiger partial charge is 0.417 e. The first-order valence-electron chi connectivity index (χ1n) is 8.03. The Hall–Kier alpha value is -2.53. The van der Waals surface area contributed by atoms with Crippen molar-refractivity contribution in [2.45, 2.75) is 18.0 Å². The summed E-state index contributed by atoms with van der Waals surface area (Å²) in [4.78, 5) is 11.2. The van der Waals surface area contributed by atoms with Crippen LogP contribution in [0.4, 0.5) is 13.2 Å². The number of ether oxygens (including phenoxy) is 1. The van der Waals surface area contributed by atoms with Gasteiger partial charge in [0.15, 0.2) is 0 Å². The average Bonchev–Trinajstić information content (AvgIpc) is 2.61. The second-order valence-electron chi connectivity index (χ2n) is 5.70. The van der Waals surface area contributed by atoms with Crippen LogP contribution in [0, 0.1) is 0 Å². The Morgan fingerprint density at radius 1 is 1.10 bits per heavy atom. The van der Waals surface area contributed by atoms with Gasteiger partial charge in [0.1, 0.15) is 22.0 Å². The lowest BCUT2D eigenvalue weighted by Crippen LogP contribution is -2.13. The molecule has 0 N–H and O–H groups in total. The Morgan fingerprint density at radius 2 is 1.83 bits per heavy atom. The fraction of sp³-hybridized carbons (Fsp3) is 0.167. The van der Waals surface area contributed by atoms with E-state index >= 15 is 0 Å². The van der Waals surface area contributed by atoms with E-state index in [9.17, 15) is 26.4 Å². The summed E-state index contributed by atoms with van der Waals surface area (Å²) in [6.45, 7) is 1.87. The Kier molecular flexibility index (Phi) is 5.63. The molecule has 1 heterocycles. The predicted octanol–water partition coefficient (Wildman–Crippen LogP) is 4.74. The highest BCUT2D eigenvalue weighted by Gasteiger charge is 2.34. The Labute approximate surface area is 171 Å². The van der Waals surface area contributed by atoms with E-state index in [1.165, 1.54) is 12.1 Å². The van der Waals surface area contributed by atoms with Crippen LogP contribution in [0.3, 0.4) is 0 Å². The molecule has 6 nitrogen and oxygen atoms in total. The van der Waals surface area contributed by atoms with E-state index < -0.39 is 38.5 Å². The molecular weight excluding hydrogens is 481 g/mol. The van der Waals surface area contributed by atoms with Gasteiger partial charge in [-0.2, -0.15) is 21.6 Å². The van der Waals surface area contributed by atoms with Gasteiger partial charge in [0.25, 0.3) is 0 Å². The van der Waals surface area contributed by atoms with Gasteiger partial charge >= 0.3 is 21.9 Å². The van der Waals surface area contributed by atoms with E-state index in [-0.39, 0.29) is 23.0 Å². The molecule has 0 aliphatic rings. The van der Waals surface area contributed by atoms with Crippen molar-refractivity contribution in [3.05, 3.63) is 62.9 Å². The lowest BCUT2D eigenvalue weighted by atomic mass is 10.1. The quantitative estimate of drug-likeness (QED) is 0.377. The minimum Gasteiger partial charge on any atom is -0.492 e. The highest BCUT2D eigenvalue weighted by atomic mass is 79.9. The van der Waals surface area contributed by atoms with Crippen LogP contribution in [0.15, 0.2) is 61.0 Å². The van der Waals surface area contributed by atoms with E-state index in [4.69, 9.17) is 13.3 Å². The van der Waals surface area contributed by atoms with Crippen LogP contribution < -0.4 is 14.5 Å². The minimum atomic E-state index is -4.79. The molecule has 0 atom stereocenters. The molecule has 0 aliphatic carbocycles. The second-order valence-corrected chi connectivity index (χ2v) is 8.13. The van der Waals surface area contributed by atoms with Gasteiger partial charge in [-0.3, -0.25) is 0 Å². The van der Waals surface area contributed by atoms with Crippen molar-refractivity contribution in [2.24, 2.45) is 0 Å². The summed E-state index contributed by atoms with van der Waals surface area (Å²) in [6, 6.07) is 7.51. The third-order valence-electron chi connectivity index (χ3n) is 3.70. The molecule has 1 aromatic heterocycles. The number of benzene rings is 2. The summed E-state index contributed by atoms with van der Waals surface area (Å²) >= 11 is 3.16. The number of rotatable bonds is 5. The van der Waals surface area contributed by atoms with Crippen LogP contribution >= 0.6 is 15.9 Å². The van der Waals surface area contributed by atoms with Crippen LogP contribution in [0.1, 0.15) is 12.5 Å². The van der Waals surface area contributed by atoms with E-state index in [2.05, 4.69) is 15.9 Å². The largest absolute Gasteiger partial charge is 0.492 e. The number of hydrogen-bond acceptors (Lipinski definition) is 6. The van der Waals surface area contributed by atoms with Crippen molar-refractivity contribution in [3.8, 4) is 11.5 Å². The summed E-state index contributed by atoms with van der Waals surface area (Å²) in [7, 11) is -4.40. The number of alkyl halides is 3. The first-order valence-corrected chi connectivity index (χ1v) is 10.2. The summed E-state index contributed by atoms with van der Waals surface area (Å²) in [5, 5.41) is -0.403. The third-order valence-corrected chi connectivity index (χ3v) is 5.47. The van der Waals surface area contributed by atoms with Crippen LogP contribution in [0.5, 0.6) is 11.5 Å². The first kappa shape index (κ1) is 21.2. The topological polar surface area (TPSA) is 82.8 Å². The maximum Gasteiger partial charge on any atom is 0.417 e. The number of halogens is 4. The molecule has 0 amide bonds. The van der Waals surface area contributed by atoms with Crippen molar-refractivity contribution in [3.63, 3.8) is 0 Å². The van der Waals surface area contributed by atoms with E-state index in [1.807, 2.05) is 0 Å². The summed E-state index contributed by atoms with van der Waals surface area (Å²) in [6.07, 6.45) is -4.79. The van der Waals surface area contributed by atoms with E-state index in [0.717, 1.165) is 18.2 Å². The Bertz CT molecular complexity index is 1230. The van der Waals surface area contributed by atoms with Gasteiger partial charge in [-0.25, -0.2) is 4.79 Å². The second kappa shape index (κ2) is 7.71. The van der Waals surface area contributed by atoms with Crippen molar-refractivity contribution < 1.29 is 34.9 Å². The molecule has 154 valence electrons. The SMILES string of the molecule is CCOc1ccc(Br)cc1S(=O)(=O)Oc1ccc2c(C(F)(F)F)cc(=O)oc2c1. The van der Waals surface area contributed by atoms with Crippen LogP contribution in [-0.2, 0) is 16.3 Å². The fourth-order valence-electron chi connectivity index (χ4n) is 2.55. The van der Waals surface area contributed by atoms with Gasteiger partial charge in [0.2, 0.25) is 0 Å². The average molecular weight is 493 g/mol. The summed E-state index contributed by atoms with van der Waals surface area (Å²) in [5.74, 6) is -0.287. The molecule has 0 fully saturated rings. The normalized spacial score (nSPS) is 12.2. The van der Waals surface area contributed by atoms with E-state index in [0.29, 0.717) is 10.5 Å². The lowest BCUT2D eigenvalue weighted by Gasteiger charge is -2.13. The van der Waals surface area contributed by atoms with Gasteiger partial charge in [0, 0.05) is 22.0 Å². The zero-order valence-electron chi connectivity index (χ0n) is 14.6. The summed E-state index contributed by atoms with van der Waals surface area (Å²) < 4.78 is 80.3. The number of hydrogen-bond donors (Lipinski definition) is 0. The molecular formula is C18H12BrF3O6S. The number of fused-ring (bicyclic) bond motifs is 1. The van der Waals surface area contributed by atoms with Gasteiger partial charge in [0.05, 0.1) is 12.2 Å². The molecule has 0 saturated carbocycles. The Morgan fingerprint density at radius 3 is 2.48 bits per heavy atom. The molecule has 29 heavy (non-hydrogen) atoms. The zero-order chi connectivity index (χ0) is 21.4. The monoisotopic (exact) mass is 492 g/mol. The molecule has 0 unspecified atom stereocenters. The van der Waals surface area contributed by atoms with Gasteiger partial charge in [-0.1, -0.05) is 15.9 Å². The molecule has 0 saturated heterocycles. The molecule has 3 aromatic rings. The first-order chi connectivity index (χ1) is 13.5.